The van der Waals surface area contributed by atoms with E-state index in [1.54, 1.807) is 30.3 Å². The normalized spacial score (nSPS) is 11.6. The number of rotatable bonds is 5. The fourth-order valence-electron chi connectivity index (χ4n) is 1.77. The second-order valence-electron chi connectivity index (χ2n) is 4.18. The average molecular weight is 316 g/mol. The highest BCUT2D eigenvalue weighted by atomic mass is 32.2. The molecule has 1 aromatic heterocycles. The van der Waals surface area contributed by atoms with Gasteiger partial charge in [-0.1, -0.05) is 42.1 Å². The van der Waals surface area contributed by atoms with Gasteiger partial charge in [-0.3, -0.25) is 4.79 Å². The average Bonchev–Trinajstić information content (AvgIpc) is 2.78. The molecule has 2 aromatic rings. The van der Waals surface area contributed by atoms with Crippen LogP contribution in [-0.2, 0) is 11.3 Å². The number of alkyl halides is 3. The summed E-state index contributed by atoms with van der Waals surface area (Å²) in [6.07, 6.45) is -3.09. The van der Waals surface area contributed by atoms with Crippen molar-refractivity contribution in [1.82, 2.24) is 9.55 Å². The van der Waals surface area contributed by atoms with Crippen molar-refractivity contribution >= 4 is 17.7 Å². The van der Waals surface area contributed by atoms with Crippen molar-refractivity contribution in [2.75, 3.05) is 5.75 Å². The second-order valence-corrected chi connectivity index (χ2v) is 5.12. The Balaban J connectivity index is 2.38. The van der Waals surface area contributed by atoms with Gasteiger partial charge in [0.05, 0.1) is 17.6 Å². The van der Waals surface area contributed by atoms with Gasteiger partial charge in [-0.2, -0.15) is 13.2 Å². The number of benzene rings is 1. The minimum absolute atomic E-state index is 0.0357. The number of carboxylic acid groups (broad SMARTS) is 1. The Morgan fingerprint density at radius 2 is 1.95 bits per heavy atom. The molecule has 0 amide bonds. The predicted octanol–water partition coefficient (Wildman–Crippen LogP) is 3.29. The number of carboxylic acids is 1. The number of imidazole rings is 1. The van der Waals surface area contributed by atoms with Crippen LogP contribution in [0.5, 0.6) is 0 Å². The zero-order chi connectivity index (χ0) is 15.5. The predicted molar refractivity (Wildman–Crippen MR) is 72.1 cm³/mol. The molecule has 0 spiro atoms. The molecule has 0 bridgehead atoms. The largest absolute Gasteiger partial charge is 0.481 e. The second kappa shape index (κ2) is 6.21. The molecule has 112 valence electrons. The number of thioether (sulfide) groups is 1. The van der Waals surface area contributed by atoms with Crippen molar-refractivity contribution in [3.63, 3.8) is 0 Å². The van der Waals surface area contributed by atoms with E-state index in [4.69, 9.17) is 5.11 Å². The van der Waals surface area contributed by atoms with Crippen molar-refractivity contribution in [3.05, 3.63) is 36.5 Å². The van der Waals surface area contributed by atoms with Gasteiger partial charge in [-0.15, -0.1) is 0 Å². The van der Waals surface area contributed by atoms with Crippen molar-refractivity contribution in [3.8, 4) is 11.3 Å². The summed E-state index contributed by atoms with van der Waals surface area (Å²) >= 11 is 0.764. The summed E-state index contributed by atoms with van der Waals surface area (Å²) in [5, 5.41) is 8.68. The highest BCUT2D eigenvalue weighted by Gasteiger charge is 2.30. The highest BCUT2D eigenvalue weighted by molar-refractivity contribution is 7.99. The molecule has 0 saturated carbocycles. The van der Waals surface area contributed by atoms with E-state index < -0.39 is 18.7 Å². The van der Waals surface area contributed by atoms with E-state index in [2.05, 4.69) is 4.98 Å². The fraction of sp³-hybridized carbons (Fsp3) is 0.231. The summed E-state index contributed by atoms with van der Waals surface area (Å²) in [5.41, 5.74) is 0.900. The standard InChI is InChI=1S/C13H11F3N2O2S/c14-13(15,16)8-18-10(9-4-2-1-3-5-9)6-17-12(18)21-7-11(19)20/h1-6H,7-8H2,(H,19,20). The SMILES string of the molecule is O=C(O)CSc1ncc(-c2ccccc2)n1CC(F)(F)F. The van der Waals surface area contributed by atoms with Crippen LogP contribution in [0.3, 0.4) is 0 Å². The molecule has 1 heterocycles. The number of aliphatic carboxylic acids is 1. The Morgan fingerprint density at radius 3 is 2.52 bits per heavy atom. The molecule has 0 unspecified atom stereocenters. The summed E-state index contributed by atoms with van der Waals surface area (Å²) in [7, 11) is 0. The number of hydrogen-bond donors (Lipinski definition) is 1. The van der Waals surface area contributed by atoms with Crippen molar-refractivity contribution in [1.29, 1.82) is 0 Å². The molecular weight excluding hydrogens is 305 g/mol. The van der Waals surface area contributed by atoms with Gasteiger partial charge in [-0.05, 0) is 5.56 Å². The zero-order valence-corrected chi connectivity index (χ0v) is 11.5. The Morgan fingerprint density at radius 1 is 1.29 bits per heavy atom. The minimum Gasteiger partial charge on any atom is -0.481 e. The quantitative estimate of drug-likeness (QED) is 0.860. The number of carbonyl (C=O) groups is 1. The first-order valence-electron chi connectivity index (χ1n) is 5.89. The van der Waals surface area contributed by atoms with Gasteiger partial charge in [0.25, 0.3) is 0 Å². The van der Waals surface area contributed by atoms with Crippen LogP contribution < -0.4 is 0 Å². The van der Waals surface area contributed by atoms with Crippen LogP contribution in [-0.4, -0.2) is 32.6 Å². The first-order chi connectivity index (χ1) is 9.87. The van der Waals surface area contributed by atoms with E-state index in [0.717, 1.165) is 16.3 Å². The summed E-state index contributed by atoms with van der Waals surface area (Å²) in [6.45, 7) is -1.21. The molecule has 0 aliphatic carbocycles. The van der Waals surface area contributed by atoms with E-state index in [-0.39, 0.29) is 10.9 Å². The van der Waals surface area contributed by atoms with Crippen LogP contribution in [0.15, 0.2) is 41.7 Å². The molecular formula is C13H11F3N2O2S. The molecule has 0 atom stereocenters. The van der Waals surface area contributed by atoms with Gasteiger partial charge >= 0.3 is 12.1 Å². The van der Waals surface area contributed by atoms with Gasteiger partial charge in [0, 0.05) is 0 Å². The van der Waals surface area contributed by atoms with Crippen molar-refractivity contribution in [2.45, 2.75) is 17.9 Å². The Kier molecular flexibility index (Phi) is 4.56. The van der Waals surface area contributed by atoms with Crippen LogP contribution in [0.4, 0.5) is 13.2 Å². The molecule has 1 N–H and O–H groups in total. The third-order valence-electron chi connectivity index (χ3n) is 2.55. The lowest BCUT2D eigenvalue weighted by Crippen LogP contribution is -2.19. The summed E-state index contributed by atoms with van der Waals surface area (Å²) in [5.74, 6) is -1.45. The molecule has 0 radical (unpaired) electrons. The molecule has 4 nitrogen and oxygen atoms in total. The Bertz CT molecular complexity index is 626. The van der Waals surface area contributed by atoms with E-state index >= 15 is 0 Å². The Hall–Kier alpha value is -1.96. The minimum atomic E-state index is -4.41. The first kappa shape index (κ1) is 15.4. The van der Waals surface area contributed by atoms with Gasteiger partial charge in [0.1, 0.15) is 6.54 Å². The van der Waals surface area contributed by atoms with Crippen LogP contribution >= 0.6 is 11.8 Å². The van der Waals surface area contributed by atoms with Crippen LogP contribution in [0.25, 0.3) is 11.3 Å². The van der Waals surface area contributed by atoms with E-state index in [0.29, 0.717) is 11.3 Å². The molecule has 2 rings (SSSR count). The van der Waals surface area contributed by atoms with Gasteiger partial charge in [-0.25, -0.2) is 4.98 Å². The van der Waals surface area contributed by atoms with Gasteiger partial charge in [0.2, 0.25) is 0 Å². The maximum absolute atomic E-state index is 12.7. The Labute approximate surface area is 122 Å². The van der Waals surface area contributed by atoms with Crippen molar-refractivity contribution < 1.29 is 23.1 Å². The number of aromatic nitrogens is 2. The first-order valence-corrected chi connectivity index (χ1v) is 6.87. The highest BCUT2D eigenvalue weighted by Crippen LogP contribution is 2.29. The van der Waals surface area contributed by atoms with Gasteiger partial charge in [0.15, 0.2) is 5.16 Å². The fourth-order valence-corrected chi connectivity index (χ4v) is 2.47. The lowest BCUT2D eigenvalue weighted by molar-refractivity contribution is -0.141. The third kappa shape index (κ3) is 4.25. The summed E-state index contributed by atoms with van der Waals surface area (Å²) < 4.78 is 39.1. The lowest BCUT2D eigenvalue weighted by atomic mass is 10.2. The maximum Gasteiger partial charge on any atom is 0.406 e. The topological polar surface area (TPSA) is 55.1 Å². The molecule has 0 aliphatic rings. The molecule has 8 heteroatoms. The number of halogens is 3. The summed E-state index contributed by atoms with van der Waals surface area (Å²) in [6, 6.07) is 8.54. The van der Waals surface area contributed by atoms with Crippen LogP contribution in [0.2, 0.25) is 0 Å². The monoisotopic (exact) mass is 316 g/mol. The molecule has 1 aromatic carbocycles. The maximum atomic E-state index is 12.7. The molecule has 0 fully saturated rings. The number of hydrogen-bond acceptors (Lipinski definition) is 3. The molecule has 0 aliphatic heterocycles. The van der Waals surface area contributed by atoms with Crippen molar-refractivity contribution in [2.24, 2.45) is 0 Å². The third-order valence-corrected chi connectivity index (χ3v) is 3.53. The van der Waals surface area contributed by atoms with E-state index in [1.165, 1.54) is 6.20 Å². The molecule has 21 heavy (non-hydrogen) atoms. The zero-order valence-electron chi connectivity index (χ0n) is 10.7. The van der Waals surface area contributed by atoms with Gasteiger partial charge < -0.3 is 9.67 Å². The lowest BCUT2D eigenvalue weighted by Gasteiger charge is -2.13. The van der Waals surface area contributed by atoms with E-state index in [9.17, 15) is 18.0 Å². The van der Waals surface area contributed by atoms with Crippen LogP contribution in [0, 0.1) is 0 Å². The van der Waals surface area contributed by atoms with Crippen LogP contribution in [0.1, 0.15) is 0 Å². The van der Waals surface area contributed by atoms with E-state index in [1.807, 2.05) is 0 Å². The summed E-state index contributed by atoms with van der Waals surface area (Å²) in [4.78, 5) is 14.5. The number of nitrogens with zero attached hydrogens (tertiary/aromatic N) is 2. The smallest absolute Gasteiger partial charge is 0.406 e. The molecule has 0 saturated heterocycles.